The van der Waals surface area contributed by atoms with E-state index in [2.05, 4.69) is 10.1 Å². The standard InChI is InChI=1S/C21H19N3O3S2/c25-29(26,18-10-9-15-5-1-2-6-16(15)13-18)24-11-3-7-17(14-24)21-22-20(23-27-21)19-8-4-12-28-19/h1-2,4-6,8-10,12-13,17H,3,7,11,14H2/t17-/m0/s1. The number of nitrogens with zero attached hydrogens (tertiary/aromatic N) is 3. The summed E-state index contributed by atoms with van der Waals surface area (Å²) in [6, 6.07) is 16.9. The van der Waals surface area contributed by atoms with E-state index < -0.39 is 10.0 Å². The summed E-state index contributed by atoms with van der Waals surface area (Å²) >= 11 is 1.55. The average Bonchev–Trinajstić information content (AvgIpc) is 3.45. The molecule has 1 fully saturated rings. The number of benzene rings is 2. The van der Waals surface area contributed by atoms with Crippen LogP contribution in [0.2, 0.25) is 0 Å². The summed E-state index contributed by atoms with van der Waals surface area (Å²) in [5.41, 5.74) is 0. The number of sulfonamides is 1. The van der Waals surface area contributed by atoms with E-state index in [0.717, 1.165) is 28.5 Å². The number of rotatable bonds is 4. The molecule has 0 spiro atoms. The molecule has 5 rings (SSSR count). The molecule has 4 aromatic rings. The summed E-state index contributed by atoms with van der Waals surface area (Å²) in [5, 5.41) is 7.97. The van der Waals surface area contributed by atoms with Crippen LogP contribution >= 0.6 is 11.3 Å². The molecule has 6 nitrogen and oxygen atoms in total. The normalized spacial score (nSPS) is 18.3. The van der Waals surface area contributed by atoms with E-state index in [4.69, 9.17) is 4.52 Å². The fraction of sp³-hybridized carbons (Fsp3) is 0.238. The van der Waals surface area contributed by atoms with Crippen molar-refractivity contribution >= 4 is 32.1 Å². The Morgan fingerprint density at radius 1 is 1.07 bits per heavy atom. The van der Waals surface area contributed by atoms with E-state index >= 15 is 0 Å². The molecule has 0 unspecified atom stereocenters. The second-order valence-corrected chi connectivity index (χ2v) is 10.0. The molecule has 0 amide bonds. The highest BCUT2D eigenvalue weighted by molar-refractivity contribution is 7.89. The van der Waals surface area contributed by atoms with Crippen LogP contribution in [0.4, 0.5) is 0 Å². The van der Waals surface area contributed by atoms with Gasteiger partial charge >= 0.3 is 0 Å². The van der Waals surface area contributed by atoms with Crippen molar-refractivity contribution in [1.29, 1.82) is 0 Å². The van der Waals surface area contributed by atoms with Gasteiger partial charge in [0.15, 0.2) is 0 Å². The molecule has 0 radical (unpaired) electrons. The second kappa shape index (κ2) is 7.37. The second-order valence-electron chi connectivity index (χ2n) is 7.14. The van der Waals surface area contributed by atoms with Gasteiger partial charge in [0.05, 0.1) is 15.7 Å². The van der Waals surface area contributed by atoms with Crippen molar-refractivity contribution in [2.24, 2.45) is 0 Å². The van der Waals surface area contributed by atoms with Crippen LogP contribution in [-0.4, -0.2) is 36.0 Å². The third kappa shape index (κ3) is 3.48. The molecule has 8 heteroatoms. The highest BCUT2D eigenvalue weighted by Gasteiger charge is 2.33. The van der Waals surface area contributed by atoms with Crippen molar-refractivity contribution in [2.75, 3.05) is 13.1 Å². The lowest BCUT2D eigenvalue weighted by atomic mass is 10.00. The van der Waals surface area contributed by atoms with Gasteiger partial charge in [-0.2, -0.15) is 9.29 Å². The molecular formula is C21H19N3O3S2. The zero-order chi connectivity index (χ0) is 19.8. The van der Waals surface area contributed by atoms with Gasteiger partial charge in [-0.05, 0) is 47.2 Å². The van der Waals surface area contributed by atoms with Crippen molar-refractivity contribution in [3.63, 3.8) is 0 Å². The molecule has 2 aromatic carbocycles. The molecule has 148 valence electrons. The number of piperidine rings is 1. The van der Waals surface area contributed by atoms with Crippen LogP contribution < -0.4 is 0 Å². The maximum Gasteiger partial charge on any atom is 0.243 e. The molecule has 0 aliphatic carbocycles. The van der Waals surface area contributed by atoms with Crippen molar-refractivity contribution in [3.05, 3.63) is 65.9 Å². The van der Waals surface area contributed by atoms with Crippen LogP contribution in [0.25, 0.3) is 21.5 Å². The maximum atomic E-state index is 13.3. The first-order chi connectivity index (χ1) is 14.1. The lowest BCUT2D eigenvalue weighted by Crippen LogP contribution is -2.39. The summed E-state index contributed by atoms with van der Waals surface area (Å²) in [6.45, 7) is 0.846. The van der Waals surface area contributed by atoms with Gasteiger partial charge in [-0.25, -0.2) is 8.42 Å². The van der Waals surface area contributed by atoms with Crippen LogP contribution in [0.5, 0.6) is 0 Å². The molecule has 2 aromatic heterocycles. The first kappa shape index (κ1) is 18.5. The molecule has 29 heavy (non-hydrogen) atoms. The molecule has 0 N–H and O–H groups in total. The smallest absolute Gasteiger partial charge is 0.243 e. The molecule has 1 aliphatic heterocycles. The first-order valence-electron chi connectivity index (χ1n) is 9.48. The first-order valence-corrected chi connectivity index (χ1v) is 11.8. The molecule has 1 saturated heterocycles. The Balaban J connectivity index is 1.40. The Bertz CT molecular complexity index is 1250. The van der Waals surface area contributed by atoms with Crippen molar-refractivity contribution in [2.45, 2.75) is 23.7 Å². The summed E-state index contributed by atoms with van der Waals surface area (Å²) in [4.78, 5) is 5.78. The number of hydrogen-bond acceptors (Lipinski definition) is 6. The predicted octanol–water partition coefficient (Wildman–Crippen LogP) is 4.52. The van der Waals surface area contributed by atoms with Crippen molar-refractivity contribution in [1.82, 2.24) is 14.4 Å². The van der Waals surface area contributed by atoms with E-state index in [9.17, 15) is 8.42 Å². The number of hydrogen-bond donors (Lipinski definition) is 0. The van der Waals surface area contributed by atoms with Crippen LogP contribution in [0.3, 0.4) is 0 Å². The minimum atomic E-state index is -3.59. The Morgan fingerprint density at radius 2 is 1.93 bits per heavy atom. The highest BCUT2D eigenvalue weighted by Crippen LogP contribution is 2.32. The summed E-state index contributed by atoms with van der Waals surface area (Å²) in [6.07, 6.45) is 1.59. The van der Waals surface area contributed by atoms with Crippen molar-refractivity contribution < 1.29 is 12.9 Å². The van der Waals surface area contributed by atoms with Gasteiger partial charge in [-0.1, -0.05) is 41.6 Å². The Hall–Kier alpha value is -2.55. The monoisotopic (exact) mass is 425 g/mol. The number of aromatic nitrogens is 2. The number of fused-ring (bicyclic) bond motifs is 1. The SMILES string of the molecule is O=S(=O)(c1ccc2ccccc2c1)N1CCC[C@H](c2nc(-c3cccs3)no2)C1. The fourth-order valence-corrected chi connectivity index (χ4v) is 5.96. The Kier molecular flexibility index (Phi) is 4.69. The van der Waals surface area contributed by atoms with Gasteiger partial charge < -0.3 is 4.52 Å². The van der Waals surface area contributed by atoms with Crippen LogP contribution in [-0.2, 0) is 10.0 Å². The fourth-order valence-electron chi connectivity index (χ4n) is 3.75. The van der Waals surface area contributed by atoms with Crippen LogP contribution in [0.1, 0.15) is 24.7 Å². The Morgan fingerprint density at radius 3 is 2.76 bits per heavy atom. The quantitative estimate of drug-likeness (QED) is 0.480. The van der Waals surface area contributed by atoms with E-state index in [1.54, 1.807) is 27.8 Å². The minimum Gasteiger partial charge on any atom is -0.339 e. The zero-order valence-corrected chi connectivity index (χ0v) is 17.2. The van der Waals surface area contributed by atoms with E-state index in [0.29, 0.717) is 29.7 Å². The van der Waals surface area contributed by atoms with E-state index in [1.165, 1.54) is 0 Å². The molecule has 1 aliphatic rings. The molecule has 0 bridgehead atoms. The third-order valence-electron chi connectivity index (χ3n) is 5.28. The van der Waals surface area contributed by atoms with Gasteiger partial charge in [0.2, 0.25) is 21.7 Å². The van der Waals surface area contributed by atoms with Crippen molar-refractivity contribution in [3.8, 4) is 10.7 Å². The lowest BCUT2D eigenvalue weighted by molar-refractivity contribution is 0.265. The predicted molar refractivity (Wildman–Crippen MR) is 112 cm³/mol. The topological polar surface area (TPSA) is 76.3 Å². The number of thiophene rings is 1. The zero-order valence-electron chi connectivity index (χ0n) is 15.6. The Labute approximate surface area is 172 Å². The van der Waals surface area contributed by atoms with Crippen LogP contribution in [0.15, 0.2) is 69.4 Å². The molecular weight excluding hydrogens is 406 g/mol. The minimum absolute atomic E-state index is 0.0970. The molecule has 1 atom stereocenters. The third-order valence-corrected chi connectivity index (χ3v) is 8.00. The summed E-state index contributed by atoms with van der Waals surface area (Å²) in [7, 11) is -3.59. The van der Waals surface area contributed by atoms with Gasteiger partial charge in [-0.3, -0.25) is 0 Å². The van der Waals surface area contributed by atoms with E-state index in [1.807, 2.05) is 47.8 Å². The maximum absolute atomic E-state index is 13.3. The lowest BCUT2D eigenvalue weighted by Gasteiger charge is -2.30. The summed E-state index contributed by atoms with van der Waals surface area (Å²) < 4.78 is 33.5. The van der Waals surface area contributed by atoms with Crippen LogP contribution in [0, 0.1) is 0 Å². The molecule has 3 heterocycles. The van der Waals surface area contributed by atoms with Gasteiger partial charge in [-0.15, -0.1) is 11.3 Å². The molecule has 0 saturated carbocycles. The summed E-state index contributed by atoms with van der Waals surface area (Å²) in [5.74, 6) is 0.969. The largest absolute Gasteiger partial charge is 0.339 e. The van der Waals surface area contributed by atoms with E-state index in [-0.39, 0.29) is 5.92 Å². The van der Waals surface area contributed by atoms with Gasteiger partial charge in [0.25, 0.3) is 0 Å². The average molecular weight is 426 g/mol. The van der Waals surface area contributed by atoms with Gasteiger partial charge in [0.1, 0.15) is 0 Å². The van der Waals surface area contributed by atoms with Gasteiger partial charge in [0, 0.05) is 13.1 Å². The highest BCUT2D eigenvalue weighted by atomic mass is 32.2.